The number of benzene rings is 2. The summed E-state index contributed by atoms with van der Waals surface area (Å²) in [5.74, 6) is -0.800. The molecule has 0 spiro atoms. The number of carboxylic acid groups (broad SMARTS) is 1. The number of fused-ring (bicyclic) bond motifs is 3. The third-order valence-electron chi connectivity index (χ3n) is 5.39. The zero-order valence-electron chi connectivity index (χ0n) is 15.7. The maximum Gasteiger partial charge on any atom is 0.335 e. The lowest BCUT2D eigenvalue weighted by Crippen LogP contribution is -2.27. The van der Waals surface area contributed by atoms with Crippen LogP contribution in [-0.4, -0.2) is 16.1 Å². The topological polar surface area (TPSA) is 100 Å². The van der Waals surface area contributed by atoms with Crippen molar-refractivity contribution in [3.05, 3.63) is 70.8 Å². The molecule has 0 aliphatic heterocycles. The molecule has 3 N–H and O–H groups in total. The van der Waals surface area contributed by atoms with Crippen LogP contribution < -0.4 is 5.73 Å². The highest BCUT2D eigenvalue weighted by atomic mass is 16.4. The first kappa shape index (κ1) is 17.7. The molecule has 2 aromatic carbocycles. The predicted octanol–water partition coefficient (Wildman–Crippen LogP) is 4.40. The van der Waals surface area contributed by atoms with E-state index in [9.17, 15) is 15.2 Å². The summed E-state index contributed by atoms with van der Waals surface area (Å²) in [7, 11) is 0. The Labute approximate surface area is 163 Å². The van der Waals surface area contributed by atoms with Crippen molar-refractivity contribution in [2.24, 2.45) is 0 Å². The lowest BCUT2D eigenvalue weighted by molar-refractivity contribution is 0.0697. The summed E-state index contributed by atoms with van der Waals surface area (Å²) in [6.45, 7) is 4.35. The van der Waals surface area contributed by atoms with Crippen molar-refractivity contribution in [2.45, 2.75) is 25.7 Å². The van der Waals surface area contributed by atoms with Crippen molar-refractivity contribution < 1.29 is 9.90 Å². The Morgan fingerprint density at radius 3 is 2.50 bits per heavy atom. The summed E-state index contributed by atoms with van der Waals surface area (Å²) < 4.78 is 0. The number of nitriles is 1. The Kier molecular flexibility index (Phi) is 3.93. The van der Waals surface area contributed by atoms with Gasteiger partial charge in [-0.15, -0.1) is 0 Å². The fraction of sp³-hybridized carbons (Fsp3) is 0.174. The van der Waals surface area contributed by atoms with Gasteiger partial charge in [-0.05, 0) is 40.7 Å². The number of aromatic nitrogens is 1. The number of rotatable bonds is 2. The van der Waals surface area contributed by atoms with Gasteiger partial charge in [-0.2, -0.15) is 5.26 Å². The molecular weight excluding hydrogens is 350 g/mol. The minimum Gasteiger partial charge on any atom is -0.478 e. The van der Waals surface area contributed by atoms with Gasteiger partial charge in [0, 0.05) is 11.1 Å². The zero-order valence-corrected chi connectivity index (χ0v) is 15.7. The van der Waals surface area contributed by atoms with Crippen molar-refractivity contribution in [3.8, 4) is 28.5 Å². The molecule has 0 saturated carbocycles. The average Bonchev–Trinajstić information content (AvgIpc) is 2.68. The van der Waals surface area contributed by atoms with Gasteiger partial charge in [0.15, 0.2) is 0 Å². The monoisotopic (exact) mass is 369 g/mol. The van der Waals surface area contributed by atoms with Crippen molar-refractivity contribution >= 4 is 11.8 Å². The fourth-order valence-corrected chi connectivity index (χ4v) is 4.06. The van der Waals surface area contributed by atoms with Crippen LogP contribution in [-0.2, 0) is 11.8 Å². The third-order valence-corrected chi connectivity index (χ3v) is 5.39. The van der Waals surface area contributed by atoms with E-state index < -0.39 is 5.97 Å². The van der Waals surface area contributed by atoms with E-state index in [1.807, 2.05) is 18.2 Å². The molecule has 5 nitrogen and oxygen atoms in total. The molecule has 0 amide bonds. The first-order chi connectivity index (χ1) is 13.3. The Bertz CT molecular complexity index is 1160. The van der Waals surface area contributed by atoms with Crippen LogP contribution in [0.25, 0.3) is 22.4 Å². The SMILES string of the molecule is CC1(C)Cc2c(nc(N)c(C#N)c2-c2ccc(C(=O)O)cc2)-c2ccccc21. The molecule has 5 heteroatoms. The fourth-order valence-electron chi connectivity index (χ4n) is 4.06. The number of nitrogens with zero attached hydrogens (tertiary/aromatic N) is 2. The highest BCUT2D eigenvalue weighted by Gasteiger charge is 2.34. The van der Waals surface area contributed by atoms with Gasteiger partial charge < -0.3 is 10.8 Å². The predicted molar refractivity (Wildman–Crippen MR) is 108 cm³/mol. The summed E-state index contributed by atoms with van der Waals surface area (Å²) >= 11 is 0. The minimum absolute atomic E-state index is 0.135. The second kappa shape index (κ2) is 6.21. The number of nitrogen functional groups attached to an aromatic ring is 1. The lowest BCUT2D eigenvalue weighted by atomic mass is 9.69. The van der Waals surface area contributed by atoms with Crippen LogP contribution in [0.5, 0.6) is 0 Å². The molecule has 3 aromatic rings. The number of hydrogen-bond donors (Lipinski definition) is 2. The first-order valence-electron chi connectivity index (χ1n) is 8.99. The van der Waals surface area contributed by atoms with Crippen LogP contribution in [0.15, 0.2) is 48.5 Å². The highest BCUT2D eigenvalue weighted by molar-refractivity contribution is 5.90. The number of anilines is 1. The van der Waals surface area contributed by atoms with Gasteiger partial charge in [-0.25, -0.2) is 9.78 Å². The molecule has 0 radical (unpaired) electrons. The van der Waals surface area contributed by atoms with E-state index in [2.05, 4.69) is 31.0 Å². The maximum absolute atomic E-state index is 11.2. The van der Waals surface area contributed by atoms with Crippen LogP contribution in [0.1, 0.15) is 40.9 Å². The molecule has 0 unspecified atom stereocenters. The quantitative estimate of drug-likeness (QED) is 0.697. The van der Waals surface area contributed by atoms with Crippen molar-refractivity contribution in [1.29, 1.82) is 5.26 Å². The molecule has 0 atom stereocenters. The zero-order chi connectivity index (χ0) is 20.1. The highest BCUT2D eigenvalue weighted by Crippen LogP contribution is 2.47. The number of hydrogen-bond acceptors (Lipinski definition) is 4. The average molecular weight is 369 g/mol. The standard InChI is InChI=1S/C23H19N3O2/c1-23(2)11-16-19(13-7-9-14(10-8-13)22(27)28)17(12-24)21(25)26-20(16)15-5-3-4-6-18(15)23/h3-10H,11H2,1-2H3,(H2,25,26)(H,27,28). The molecule has 1 heterocycles. The van der Waals surface area contributed by atoms with Gasteiger partial charge in [-0.3, -0.25) is 0 Å². The second-order valence-electron chi connectivity index (χ2n) is 7.67. The Balaban J connectivity index is 2.05. The maximum atomic E-state index is 11.2. The van der Waals surface area contributed by atoms with E-state index >= 15 is 0 Å². The Morgan fingerprint density at radius 1 is 1.18 bits per heavy atom. The molecule has 1 aliphatic carbocycles. The molecule has 1 aromatic heterocycles. The van der Waals surface area contributed by atoms with E-state index in [1.165, 1.54) is 5.56 Å². The van der Waals surface area contributed by atoms with Gasteiger partial charge in [0.05, 0.1) is 11.3 Å². The van der Waals surface area contributed by atoms with Gasteiger partial charge in [0.1, 0.15) is 17.5 Å². The molecule has 4 rings (SSSR count). The van der Waals surface area contributed by atoms with Crippen LogP contribution in [0.4, 0.5) is 5.82 Å². The second-order valence-corrected chi connectivity index (χ2v) is 7.67. The molecule has 0 fully saturated rings. The molecule has 28 heavy (non-hydrogen) atoms. The Morgan fingerprint density at radius 2 is 1.86 bits per heavy atom. The lowest BCUT2D eigenvalue weighted by Gasteiger charge is -2.35. The molecule has 0 saturated heterocycles. The van der Waals surface area contributed by atoms with Crippen LogP contribution in [0.3, 0.4) is 0 Å². The van der Waals surface area contributed by atoms with Crippen LogP contribution >= 0.6 is 0 Å². The summed E-state index contributed by atoms with van der Waals surface area (Å²) in [4.78, 5) is 15.8. The smallest absolute Gasteiger partial charge is 0.335 e. The van der Waals surface area contributed by atoms with Crippen LogP contribution in [0.2, 0.25) is 0 Å². The van der Waals surface area contributed by atoms with E-state index in [4.69, 9.17) is 5.73 Å². The summed E-state index contributed by atoms with van der Waals surface area (Å²) in [6.07, 6.45) is 0.706. The van der Waals surface area contributed by atoms with Crippen molar-refractivity contribution in [2.75, 3.05) is 5.73 Å². The number of nitrogens with two attached hydrogens (primary N) is 1. The first-order valence-corrected chi connectivity index (χ1v) is 8.99. The van der Waals surface area contributed by atoms with E-state index in [1.54, 1.807) is 24.3 Å². The van der Waals surface area contributed by atoms with Gasteiger partial charge in [0.2, 0.25) is 0 Å². The number of carboxylic acids is 1. The number of aromatic carboxylic acids is 1. The molecule has 1 aliphatic rings. The molecular formula is C23H19N3O2. The summed E-state index contributed by atoms with van der Waals surface area (Å²) in [5.41, 5.74) is 12.1. The normalized spacial score (nSPS) is 13.9. The van der Waals surface area contributed by atoms with E-state index in [-0.39, 0.29) is 16.8 Å². The summed E-state index contributed by atoms with van der Waals surface area (Å²) in [6, 6.07) is 16.9. The number of pyridine rings is 1. The minimum atomic E-state index is -0.988. The number of carbonyl (C=O) groups is 1. The Hall–Kier alpha value is -3.65. The third kappa shape index (κ3) is 2.62. The van der Waals surface area contributed by atoms with Crippen LogP contribution in [0, 0.1) is 11.3 Å². The van der Waals surface area contributed by atoms with Crippen molar-refractivity contribution in [1.82, 2.24) is 4.98 Å². The molecule has 0 bridgehead atoms. The van der Waals surface area contributed by atoms with Crippen molar-refractivity contribution in [3.63, 3.8) is 0 Å². The van der Waals surface area contributed by atoms with E-state index in [0.29, 0.717) is 12.0 Å². The van der Waals surface area contributed by atoms with E-state index in [0.717, 1.165) is 27.9 Å². The molecule has 138 valence electrons. The van der Waals surface area contributed by atoms with Gasteiger partial charge in [-0.1, -0.05) is 50.2 Å². The van der Waals surface area contributed by atoms with Gasteiger partial charge >= 0.3 is 5.97 Å². The largest absolute Gasteiger partial charge is 0.478 e. The summed E-state index contributed by atoms with van der Waals surface area (Å²) in [5, 5.41) is 18.9. The van der Waals surface area contributed by atoms with Gasteiger partial charge in [0.25, 0.3) is 0 Å².